The van der Waals surface area contributed by atoms with Crippen LogP contribution in [0.4, 0.5) is 11.4 Å². The minimum absolute atomic E-state index is 0.0610. The average Bonchev–Trinajstić information content (AvgIpc) is 3.08. The number of nitrogens with zero attached hydrogens (tertiary/aromatic N) is 3. The zero-order chi connectivity index (χ0) is 24.5. The highest BCUT2D eigenvalue weighted by atomic mass is 16.6. The first-order valence-electron chi connectivity index (χ1n) is 11.5. The highest BCUT2D eigenvalue weighted by molar-refractivity contribution is 6.02. The molecule has 1 saturated heterocycles. The standard InChI is InChI=1S/C25H31N5O4/c1-26-13-14-28(2)15-17-7-9-18(10-8-17)29(3)21-6-4-5-19-20(21)16-30(34,25(19)33)22-11-12-23(31)27-24(22)32/h4-10,22,26H,11-16H2,1-3H3,(H,27,31,32). The lowest BCUT2D eigenvalue weighted by atomic mass is 10.0. The van der Waals surface area contributed by atoms with Crippen LogP contribution in [0.25, 0.3) is 0 Å². The Kier molecular flexibility index (Phi) is 6.81. The minimum Gasteiger partial charge on any atom is -0.624 e. The number of benzene rings is 2. The fourth-order valence-electron chi connectivity index (χ4n) is 4.76. The number of nitrogens with one attached hydrogen (secondary N) is 2. The molecule has 2 atom stereocenters. The van der Waals surface area contributed by atoms with Crippen molar-refractivity contribution in [2.45, 2.75) is 32.0 Å². The van der Waals surface area contributed by atoms with Crippen LogP contribution < -0.4 is 15.5 Å². The fourth-order valence-corrected chi connectivity index (χ4v) is 4.76. The normalized spacial score (nSPS) is 22.1. The van der Waals surface area contributed by atoms with Gasteiger partial charge in [0.1, 0.15) is 6.54 Å². The molecule has 4 rings (SSSR count). The number of hydrogen-bond acceptors (Lipinski definition) is 7. The predicted molar refractivity (Wildman–Crippen MR) is 129 cm³/mol. The largest absolute Gasteiger partial charge is 0.624 e. The molecule has 2 aromatic rings. The molecule has 2 heterocycles. The maximum Gasteiger partial charge on any atom is 0.347 e. The zero-order valence-electron chi connectivity index (χ0n) is 19.8. The number of fused-ring (bicyclic) bond motifs is 1. The lowest BCUT2D eigenvalue weighted by molar-refractivity contribution is -0.825. The van der Waals surface area contributed by atoms with Crippen LogP contribution in [-0.2, 0) is 22.7 Å². The van der Waals surface area contributed by atoms with Crippen LogP contribution in [0.1, 0.15) is 34.3 Å². The summed E-state index contributed by atoms with van der Waals surface area (Å²) in [6.07, 6.45) is 0.134. The molecule has 9 nitrogen and oxygen atoms in total. The van der Waals surface area contributed by atoms with Crippen LogP contribution in [-0.4, -0.2) is 67.5 Å². The summed E-state index contributed by atoms with van der Waals surface area (Å²) in [5.74, 6) is -1.70. The summed E-state index contributed by atoms with van der Waals surface area (Å²) in [4.78, 5) is 41.3. The Morgan fingerprint density at radius 2 is 1.85 bits per heavy atom. The van der Waals surface area contributed by atoms with E-state index in [1.165, 1.54) is 5.56 Å². The van der Waals surface area contributed by atoms with Crippen molar-refractivity contribution in [3.63, 3.8) is 0 Å². The summed E-state index contributed by atoms with van der Waals surface area (Å²) in [5, 5.41) is 19.0. The van der Waals surface area contributed by atoms with Crippen molar-refractivity contribution in [3.8, 4) is 0 Å². The number of amides is 3. The molecule has 0 bridgehead atoms. The Morgan fingerprint density at radius 3 is 2.53 bits per heavy atom. The Morgan fingerprint density at radius 1 is 1.12 bits per heavy atom. The van der Waals surface area contributed by atoms with E-state index in [1.54, 1.807) is 12.1 Å². The van der Waals surface area contributed by atoms with Crippen molar-refractivity contribution in [3.05, 3.63) is 64.4 Å². The van der Waals surface area contributed by atoms with Gasteiger partial charge in [-0.15, -0.1) is 0 Å². The highest BCUT2D eigenvalue weighted by Crippen LogP contribution is 2.40. The Hall–Kier alpha value is -3.11. The molecular formula is C25H31N5O4. The van der Waals surface area contributed by atoms with E-state index < -0.39 is 28.4 Å². The molecule has 0 aliphatic carbocycles. The van der Waals surface area contributed by atoms with Gasteiger partial charge in [0, 0.05) is 50.8 Å². The second-order valence-corrected chi connectivity index (χ2v) is 9.10. The average molecular weight is 466 g/mol. The van der Waals surface area contributed by atoms with Gasteiger partial charge in [-0.2, -0.15) is 0 Å². The smallest absolute Gasteiger partial charge is 0.347 e. The van der Waals surface area contributed by atoms with Gasteiger partial charge < -0.3 is 20.3 Å². The third kappa shape index (κ3) is 4.47. The fraction of sp³-hybridized carbons (Fsp3) is 0.400. The Bertz CT molecular complexity index is 1100. The van der Waals surface area contributed by atoms with Crippen LogP contribution >= 0.6 is 0 Å². The molecular weight excluding hydrogens is 434 g/mol. The first-order valence-corrected chi connectivity index (χ1v) is 11.5. The summed E-state index contributed by atoms with van der Waals surface area (Å²) in [6.45, 7) is 2.58. The first kappa shape index (κ1) is 24.0. The van der Waals surface area contributed by atoms with E-state index in [0.29, 0.717) is 11.1 Å². The van der Waals surface area contributed by atoms with Gasteiger partial charge in [-0.3, -0.25) is 19.6 Å². The maximum atomic E-state index is 13.7. The van der Waals surface area contributed by atoms with Crippen molar-refractivity contribution in [1.82, 2.24) is 15.5 Å². The highest BCUT2D eigenvalue weighted by Gasteiger charge is 2.50. The monoisotopic (exact) mass is 465 g/mol. The lowest BCUT2D eigenvalue weighted by Gasteiger charge is -2.42. The van der Waals surface area contributed by atoms with Crippen molar-refractivity contribution in [2.75, 3.05) is 39.1 Å². The summed E-state index contributed by atoms with van der Waals surface area (Å²) in [5.41, 5.74) is 3.85. The molecule has 0 aromatic heterocycles. The number of anilines is 2. The third-order valence-corrected chi connectivity index (χ3v) is 6.71. The van der Waals surface area contributed by atoms with Crippen molar-refractivity contribution in [2.24, 2.45) is 0 Å². The lowest BCUT2D eigenvalue weighted by Crippen LogP contribution is -2.60. The second-order valence-electron chi connectivity index (χ2n) is 9.10. The van der Waals surface area contributed by atoms with E-state index in [0.717, 1.165) is 31.0 Å². The summed E-state index contributed by atoms with van der Waals surface area (Å²) < 4.78 is -1.28. The summed E-state index contributed by atoms with van der Waals surface area (Å²) in [6, 6.07) is 12.4. The molecule has 0 radical (unpaired) electrons. The number of piperidine rings is 1. The van der Waals surface area contributed by atoms with Crippen molar-refractivity contribution in [1.29, 1.82) is 0 Å². The van der Waals surface area contributed by atoms with Gasteiger partial charge >= 0.3 is 5.91 Å². The molecule has 2 N–H and O–H groups in total. The molecule has 2 unspecified atom stereocenters. The molecule has 2 aliphatic rings. The number of carbonyl (C=O) groups is 3. The number of hydrogen-bond donors (Lipinski definition) is 2. The van der Waals surface area contributed by atoms with E-state index in [1.807, 2.05) is 37.2 Å². The van der Waals surface area contributed by atoms with Gasteiger partial charge in [0.15, 0.2) is 6.04 Å². The van der Waals surface area contributed by atoms with E-state index in [4.69, 9.17) is 0 Å². The summed E-state index contributed by atoms with van der Waals surface area (Å²) in [7, 11) is 5.92. The first-order chi connectivity index (χ1) is 16.2. The van der Waals surface area contributed by atoms with Crippen LogP contribution in [0.5, 0.6) is 0 Å². The van der Waals surface area contributed by atoms with Gasteiger partial charge in [-0.05, 0) is 43.9 Å². The molecule has 2 aliphatic heterocycles. The van der Waals surface area contributed by atoms with E-state index in [-0.39, 0.29) is 19.4 Å². The van der Waals surface area contributed by atoms with Crippen LogP contribution in [0, 0.1) is 5.21 Å². The molecule has 0 saturated carbocycles. The van der Waals surface area contributed by atoms with Crippen LogP contribution in [0.2, 0.25) is 0 Å². The van der Waals surface area contributed by atoms with Crippen LogP contribution in [0.15, 0.2) is 42.5 Å². The van der Waals surface area contributed by atoms with E-state index in [2.05, 4.69) is 34.7 Å². The molecule has 1 fully saturated rings. The SMILES string of the molecule is CNCCN(C)Cc1ccc(N(C)c2cccc3c2C[N+]([O-])(C2CCC(=O)NC2=O)C3=O)cc1. The second kappa shape index (κ2) is 9.63. The number of quaternary nitrogens is 1. The van der Waals surface area contributed by atoms with Gasteiger partial charge in [-0.25, -0.2) is 4.79 Å². The number of likely N-dealkylation sites (N-methyl/N-ethyl adjacent to an activating group) is 2. The Balaban J connectivity index is 1.55. The topological polar surface area (TPSA) is 105 Å². The molecule has 180 valence electrons. The third-order valence-electron chi connectivity index (χ3n) is 6.71. The minimum atomic E-state index is -1.28. The maximum absolute atomic E-state index is 13.7. The molecule has 2 aromatic carbocycles. The predicted octanol–water partition coefficient (Wildman–Crippen LogP) is 1.88. The number of hydroxylamine groups is 3. The van der Waals surface area contributed by atoms with Crippen LogP contribution in [0.3, 0.4) is 0 Å². The summed E-state index contributed by atoms with van der Waals surface area (Å²) >= 11 is 0. The molecule has 9 heteroatoms. The molecule has 34 heavy (non-hydrogen) atoms. The van der Waals surface area contributed by atoms with E-state index in [9.17, 15) is 19.6 Å². The molecule has 3 amide bonds. The quantitative estimate of drug-likeness (QED) is 0.348. The van der Waals surface area contributed by atoms with Gasteiger partial charge in [0.05, 0.1) is 11.3 Å². The molecule has 0 spiro atoms. The van der Waals surface area contributed by atoms with Gasteiger partial charge in [0.2, 0.25) is 5.91 Å². The number of imide groups is 1. The van der Waals surface area contributed by atoms with Crippen molar-refractivity contribution >= 4 is 29.1 Å². The zero-order valence-corrected chi connectivity index (χ0v) is 19.8. The number of rotatable bonds is 8. The van der Waals surface area contributed by atoms with Gasteiger partial charge in [0.25, 0.3) is 5.91 Å². The van der Waals surface area contributed by atoms with E-state index >= 15 is 0 Å². The Labute approximate surface area is 199 Å². The van der Waals surface area contributed by atoms with Gasteiger partial charge in [-0.1, -0.05) is 18.2 Å². The van der Waals surface area contributed by atoms with Crippen molar-refractivity contribution < 1.29 is 19.0 Å². The number of carbonyl (C=O) groups excluding carboxylic acids is 3.